The quantitative estimate of drug-likeness (QED) is 0.757. The highest BCUT2D eigenvalue weighted by atomic mass is 16.3. The van der Waals surface area contributed by atoms with Gasteiger partial charge in [0.05, 0.1) is 6.61 Å². The van der Waals surface area contributed by atoms with Gasteiger partial charge in [-0.3, -0.25) is 0 Å². The molecule has 0 aromatic heterocycles. The minimum Gasteiger partial charge on any atom is -0.394 e. The molecule has 0 radical (unpaired) electrons. The topological polar surface area (TPSA) is 32.3 Å². The number of hydrogen-bond donors (Lipinski definition) is 2. The summed E-state index contributed by atoms with van der Waals surface area (Å²) in [7, 11) is 0. The van der Waals surface area contributed by atoms with Crippen LogP contribution in [0.2, 0.25) is 0 Å². The van der Waals surface area contributed by atoms with E-state index in [1.165, 1.54) is 25.7 Å². The Morgan fingerprint density at radius 2 is 2.00 bits per heavy atom. The average Bonchev–Trinajstić information content (AvgIpc) is 2.31. The molecule has 1 fully saturated rings. The number of nitrogens with one attached hydrogen (secondary N) is 1. The van der Waals surface area contributed by atoms with Crippen molar-refractivity contribution in [3.05, 3.63) is 0 Å². The molecule has 1 aliphatic carbocycles. The lowest BCUT2D eigenvalue weighted by molar-refractivity contribution is 0.115. The van der Waals surface area contributed by atoms with Crippen molar-refractivity contribution in [3.63, 3.8) is 0 Å². The fourth-order valence-electron chi connectivity index (χ4n) is 2.85. The summed E-state index contributed by atoms with van der Waals surface area (Å²) in [4.78, 5) is 0. The number of aliphatic hydroxyl groups is 1. The molecular formula is C14H29NO. The van der Waals surface area contributed by atoms with E-state index in [2.05, 4.69) is 33.0 Å². The molecule has 4 atom stereocenters. The van der Waals surface area contributed by atoms with Crippen molar-refractivity contribution < 1.29 is 5.11 Å². The van der Waals surface area contributed by atoms with Crippen LogP contribution in [-0.2, 0) is 0 Å². The van der Waals surface area contributed by atoms with Crippen LogP contribution in [0.1, 0.15) is 59.8 Å². The van der Waals surface area contributed by atoms with E-state index in [0.29, 0.717) is 6.04 Å². The van der Waals surface area contributed by atoms with Crippen LogP contribution < -0.4 is 5.32 Å². The Morgan fingerprint density at radius 1 is 1.31 bits per heavy atom. The third-order valence-electron chi connectivity index (χ3n) is 4.43. The first-order valence-corrected chi connectivity index (χ1v) is 6.93. The van der Waals surface area contributed by atoms with Crippen molar-refractivity contribution in [1.29, 1.82) is 0 Å². The molecule has 2 nitrogen and oxygen atoms in total. The van der Waals surface area contributed by atoms with Crippen LogP contribution in [0.4, 0.5) is 0 Å². The Bertz CT molecular complexity index is 201. The molecule has 1 aliphatic rings. The average molecular weight is 227 g/mol. The van der Waals surface area contributed by atoms with E-state index in [1.807, 2.05) is 0 Å². The first-order valence-electron chi connectivity index (χ1n) is 6.93. The molecule has 0 aliphatic heterocycles. The van der Waals surface area contributed by atoms with E-state index in [1.54, 1.807) is 0 Å². The molecule has 2 N–H and O–H groups in total. The zero-order chi connectivity index (χ0) is 12.2. The van der Waals surface area contributed by atoms with Crippen LogP contribution in [0.25, 0.3) is 0 Å². The SMILES string of the molecule is CCC1CC(C)CCC1NC(C)(CC)CO. The minimum atomic E-state index is -0.0847. The van der Waals surface area contributed by atoms with E-state index >= 15 is 0 Å². The highest BCUT2D eigenvalue weighted by Gasteiger charge is 2.32. The maximum absolute atomic E-state index is 9.46. The molecular weight excluding hydrogens is 198 g/mol. The summed E-state index contributed by atoms with van der Waals surface area (Å²) in [6, 6.07) is 0.610. The predicted molar refractivity (Wildman–Crippen MR) is 69.5 cm³/mol. The molecule has 0 spiro atoms. The molecule has 0 aromatic rings. The number of aliphatic hydroxyl groups excluding tert-OH is 1. The van der Waals surface area contributed by atoms with Crippen molar-refractivity contribution in [2.45, 2.75) is 71.4 Å². The van der Waals surface area contributed by atoms with E-state index < -0.39 is 0 Å². The third-order valence-corrected chi connectivity index (χ3v) is 4.43. The lowest BCUT2D eigenvalue weighted by Gasteiger charge is -2.41. The summed E-state index contributed by atoms with van der Waals surface area (Å²) >= 11 is 0. The maximum atomic E-state index is 9.46. The van der Waals surface area contributed by atoms with Gasteiger partial charge in [0.15, 0.2) is 0 Å². The fraction of sp³-hybridized carbons (Fsp3) is 1.00. The molecule has 1 rings (SSSR count). The highest BCUT2D eigenvalue weighted by Crippen LogP contribution is 2.32. The summed E-state index contributed by atoms with van der Waals surface area (Å²) < 4.78 is 0. The van der Waals surface area contributed by atoms with Gasteiger partial charge in [-0.05, 0) is 44.4 Å². The minimum absolute atomic E-state index is 0.0847. The molecule has 0 bridgehead atoms. The third kappa shape index (κ3) is 3.46. The van der Waals surface area contributed by atoms with Gasteiger partial charge in [0, 0.05) is 11.6 Å². The van der Waals surface area contributed by atoms with E-state index in [-0.39, 0.29) is 12.1 Å². The Balaban J connectivity index is 2.57. The van der Waals surface area contributed by atoms with Gasteiger partial charge in [-0.25, -0.2) is 0 Å². The van der Waals surface area contributed by atoms with Crippen molar-refractivity contribution in [2.24, 2.45) is 11.8 Å². The van der Waals surface area contributed by atoms with Gasteiger partial charge in [-0.2, -0.15) is 0 Å². The first-order chi connectivity index (χ1) is 7.54. The normalized spacial score (nSPS) is 34.7. The van der Waals surface area contributed by atoms with Crippen molar-refractivity contribution in [3.8, 4) is 0 Å². The zero-order valence-electron chi connectivity index (χ0n) is 11.4. The van der Waals surface area contributed by atoms with Gasteiger partial charge >= 0.3 is 0 Å². The fourth-order valence-corrected chi connectivity index (χ4v) is 2.85. The van der Waals surface area contributed by atoms with Gasteiger partial charge in [0.2, 0.25) is 0 Å². The van der Waals surface area contributed by atoms with Crippen LogP contribution in [0.3, 0.4) is 0 Å². The standard InChI is InChI=1S/C14H29NO/c1-5-12-9-11(3)7-8-13(12)15-14(4,6-2)10-16/h11-13,15-16H,5-10H2,1-4H3. The van der Waals surface area contributed by atoms with Gasteiger partial charge in [-0.1, -0.05) is 27.2 Å². The summed E-state index contributed by atoms with van der Waals surface area (Å²) in [6.45, 7) is 9.18. The van der Waals surface area contributed by atoms with Crippen LogP contribution >= 0.6 is 0 Å². The Labute approximate surface area is 101 Å². The molecule has 0 aromatic carbocycles. The van der Waals surface area contributed by atoms with Crippen LogP contribution in [-0.4, -0.2) is 23.3 Å². The second-order valence-electron chi connectivity index (χ2n) is 5.91. The lowest BCUT2D eigenvalue weighted by Crippen LogP contribution is -2.54. The first kappa shape index (κ1) is 14.0. The molecule has 0 heterocycles. The number of rotatable bonds is 5. The summed E-state index contributed by atoms with van der Waals surface area (Å²) in [5.41, 5.74) is -0.0847. The Hall–Kier alpha value is -0.0800. The van der Waals surface area contributed by atoms with Crippen LogP contribution in [0.5, 0.6) is 0 Å². The van der Waals surface area contributed by atoms with Gasteiger partial charge < -0.3 is 10.4 Å². The number of hydrogen-bond acceptors (Lipinski definition) is 2. The van der Waals surface area contributed by atoms with Crippen molar-refractivity contribution in [2.75, 3.05) is 6.61 Å². The zero-order valence-corrected chi connectivity index (χ0v) is 11.4. The molecule has 0 saturated heterocycles. The van der Waals surface area contributed by atoms with Gasteiger partial charge in [-0.15, -0.1) is 0 Å². The molecule has 2 heteroatoms. The maximum Gasteiger partial charge on any atom is 0.0610 e. The predicted octanol–water partition coefficient (Wildman–Crippen LogP) is 2.95. The highest BCUT2D eigenvalue weighted by molar-refractivity contribution is 4.90. The molecule has 16 heavy (non-hydrogen) atoms. The van der Waals surface area contributed by atoms with E-state index in [0.717, 1.165) is 18.3 Å². The van der Waals surface area contributed by atoms with Crippen molar-refractivity contribution in [1.82, 2.24) is 5.32 Å². The van der Waals surface area contributed by atoms with Gasteiger partial charge in [0.25, 0.3) is 0 Å². The monoisotopic (exact) mass is 227 g/mol. The van der Waals surface area contributed by atoms with Crippen LogP contribution in [0, 0.1) is 11.8 Å². The summed E-state index contributed by atoms with van der Waals surface area (Å²) in [5.74, 6) is 1.67. The molecule has 0 amide bonds. The molecule has 96 valence electrons. The largest absolute Gasteiger partial charge is 0.394 e. The van der Waals surface area contributed by atoms with Crippen molar-refractivity contribution >= 4 is 0 Å². The summed E-state index contributed by atoms with van der Waals surface area (Å²) in [6.07, 6.45) is 6.20. The Kier molecular flexibility index (Phi) is 5.26. The molecule has 1 saturated carbocycles. The second kappa shape index (κ2) is 6.02. The van der Waals surface area contributed by atoms with Crippen LogP contribution in [0.15, 0.2) is 0 Å². The Morgan fingerprint density at radius 3 is 2.50 bits per heavy atom. The molecule has 4 unspecified atom stereocenters. The smallest absolute Gasteiger partial charge is 0.0610 e. The van der Waals surface area contributed by atoms with E-state index in [9.17, 15) is 5.11 Å². The lowest BCUT2D eigenvalue weighted by atomic mass is 9.76. The van der Waals surface area contributed by atoms with E-state index in [4.69, 9.17) is 0 Å². The summed E-state index contributed by atoms with van der Waals surface area (Å²) in [5, 5.41) is 13.2. The second-order valence-corrected chi connectivity index (χ2v) is 5.91. The van der Waals surface area contributed by atoms with Gasteiger partial charge in [0.1, 0.15) is 0 Å².